The number of hydrogen-bond acceptors (Lipinski definition) is 4. The van der Waals surface area contributed by atoms with Crippen molar-refractivity contribution in [3.05, 3.63) is 0 Å². The minimum absolute atomic E-state index is 0.0863. The predicted molar refractivity (Wildman–Crippen MR) is 65.8 cm³/mol. The van der Waals surface area contributed by atoms with Crippen molar-refractivity contribution in [2.45, 2.75) is 44.8 Å². The number of likely N-dealkylation sites (tertiary alicyclic amines) is 1. The first-order chi connectivity index (χ1) is 8.41. The lowest BCUT2D eigenvalue weighted by Crippen LogP contribution is -2.48. The van der Waals surface area contributed by atoms with Crippen molar-refractivity contribution in [1.82, 2.24) is 4.90 Å². The van der Waals surface area contributed by atoms with Crippen LogP contribution >= 0.6 is 0 Å². The van der Waals surface area contributed by atoms with E-state index in [1.54, 1.807) is 11.8 Å². The number of piperidine rings is 1. The Labute approximate surface area is 107 Å². The standard InChI is InChI=1S/C12H22N2O4/c1-8(15)9-4-6-14(7-5-9)12(18)10(13)2-3-11(16)17/h8-10,15H,2-7,13H2,1H3,(H,16,17). The predicted octanol–water partition coefficient (Wildman–Crippen LogP) is -0.202. The molecule has 0 aromatic carbocycles. The molecule has 0 bridgehead atoms. The Morgan fingerprint density at radius 2 is 1.94 bits per heavy atom. The minimum atomic E-state index is -0.939. The van der Waals surface area contributed by atoms with Crippen molar-refractivity contribution in [2.24, 2.45) is 11.7 Å². The minimum Gasteiger partial charge on any atom is -0.481 e. The lowest BCUT2D eigenvalue weighted by molar-refractivity contribution is -0.138. The van der Waals surface area contributed by atoms with Crippen LogP contribution < -0.4 is 5.73 Å². The molecule has 0 aromatic heterocycles. The first-order valence-corrected chi connectivity index (χ1v) is 6.36. The number of carboxylic acids is 1. The van der Waals surface area contributed by atoms with Gasteiger partial charge in [-0.1, -0.05) is 0 Å². The Kier molecular flexibility index (Phi) is 5.55. The number of nitrogens with zero attached hydrogens (tertiary/aromatic N) is 1. The van der Waals surface area contributed by atoms with Gasteiger partial charge in [0, 0.05) is 19.5 Å². The number of aliphatic hydroxyl groups excluding tert-OH is 1. The van der Waals surface area contributed by atoms with Crippen LogP contribution in [0.3, 0.4) is 0 Å². The van der Waals surface area contributed by atoms with Gasteiger partial charge in [0.1, 0.15) is 0 Å². The molecule has 0 aromatic rings. The molecule has 6 nitrogen and oxygen atoms in total. The zero-order valence-corrected chi connectivity index (χ0v) is 10.7. The van der Waals surface area contributed by atoms with Gasteiger partial charge in [0.2, 0.25) is 5.91 Å². The van der Waals surface area contributed by atoms with Crippen LogP contribution in [0.5, 0.6) is 0 Å². The Morgan fingerprint density at radius 1 is 1.39 bits per heavy atom. The van der Waals surface area contributed by atoms with Crippen molar-refractivity contribution in [3.8, 4) is 0 Å². The van der Waals surface area contributed by atoms with Crippen molar-refractivity contribution < 1.29 is 19.8 Å². The van der Waals surface area contributed by atoms with Crippen LogP contribution in [-0.4, -0.2) is 52.2 Å². The number of rotatable bonds is 5. The van der Waals surface area contributed by atoms with Crippen LogP contribution in [0.1, 0.15) is 32.6 Å². The maximum Gasteiger partial charge on any atom is 0.303 e. The van der Waals surface area contributed by atoms with E-state index >= 15 is 0 Å². The number of nitrogens with two attached hydrogens (primary N) is 1. The molecule has 0 radical (unpaired) electrons. The topological polar surface area (TPSA) is 104 Å². The molecule has 6 heteroatoms. The second-order valence-corrected chi connectivity index (χ2v) is 4.94. The summed E-state index contributed by atoms with van der Waals surface area (Å²) in [5.74, 6) is -0.879. The Morgan fingerprint density at radius 3 is 2.39 bits per heavy atom. The van der Waals surface area contributed by atoms with E-state index < -0.39 is 12.0 Å². The highest BCUT2D eigenvalue weighted by atomic mass is 16.4. The van der Waals surface area contributed by atoms with Crippen LogP contribution in [0.15, 0.2) is 0 Å². The highest BCUT2D eigenvalue weighted by Crippen LogP contribution is 2.21. The monoisotopic (exact) mass is 258 g/mol. The largest absolute Gasteiger partial charge is 0.481 e. The summed E-state index contributed by atoms with van der Waals surface area (Å²) in [6.07, 6.45) is 1.29. The van der Waals surface area contributed by atoms with E-state index in [0.717, 1.165) is 12.8 Å². The molecule has 0 spiro atoms. The summed E-state index contributed by atoms with van der Waals surface area (Å²) < 4.78 is 0. The summed E-state index contributed by atoms with van der Waals surface area (Å²) in [5.41, 5.74) is 5.69. The van der Waals surface area contributed by atoms with E-state index in [1.807, 2.05) is 0 Å². The third kappa shape index (κ3) is 4.27. The summed E-state index contributed by atoms with van der Waals surface area (Å²) in [5, 5.41) is 18.0. The SMILES string of the molecule is CC(O)C1CCN(C(=O)C(N)CCC(=O)O)CC1. The third-order valence-electron chi connectivity index (χ3n) is 3.52. The average molecular weight is 258 g/mol. The van der Waals surface area contributed by atoms with E-state index in [2.05, 4.69) is 0 Å². The second-order valence-electron chi connectivity index (χ2n) is 4.94. The van der Waals surface area contributed by atoms with Gasteiger partial charge in [0.25, 0.3) is 0 Å². The number of carboxylic acid groups (broad SMARTS) is 1. The number of carbonyl (C=O) groups is 2. The zero-order chi connectivity index (χ0) is 13.7. The summed E-state index contributed by atoms with van der Waals surface area (Å²) in [7, 11) is 0. The molecule has 1 aliphatic rings. The lowest BCUT2D eigenvalue weighted by atomic mass is 9.92. The average Bonchev–Trinajstić information content (AvgIpc) is 2.35. The van der Waals surface area contributed by atoms with Crippen molar-refractivity contribution >= 4 is 11.9 Å². The van der Waals surface area contributed by atoms with E-state index in [4.69, 9.17) is 10.8 Å². The molecule has 2 unspecified atom stereocenters. The third-order valence-corrected chi connectivity index (χ3v) is 3.52. The Bertz CT molecular complexity index is 298. The zero-order valence-electron chi connectivity index (χ0n) is 10.7. The highest BCUT2D eigenvalue weighted by Gasteiger charge is 2.28. The molecule has 2 atom stereocenters. The van der Waals surface area contributed by atoms with Crippen LogP contribution in [0.25, 0.3) is 0 Å². The summed E-state index contributed by atoms with van der Waals surface area (Å²) in [6.45, 7) is 2.95. The summed E-state index contributed by atoms with van der Waals surface area (Å²) >= 11 is 0. The maximum atomic E-state index is 11.9. The van der Waals surface area contributed by atoms with Crippen molar-refractivity contribution in [3.63, 3.8) is 0 Å². The van der Waals surface area contributed by atoms with Crippen molar-refractivity contribution in [2.75, 3.05) is 13.1 Å². The van der Waals surface area contributed by atoms with E-state index in [1.165, 1.54) is 0 Å². The molecule has 1 amide bonds. The van der Waals surface area contributed by atoms with Crippen molar-refractivity contribution in [1.29, 1.82) is 0 Å². The van der Waals surface area contributed by atoms with Gasteiger partial charge in [0.05, 0.1) is 12.1 Å². The van der Waals surface area contributed by atoms with Crippen LogP contribution in [-0.2, 0) is 9.59 Å². The normalized spacial score (nSPS) is 20.5. The molecule has 4 N–H and O–H groups in total. The first-order valence-electron chi connectivity index (χ1n) is 6.36. The van der Waals surface area contributed by atoms with Gasteiger partial charge in [0.15, 0.2) is 0 Å². The van der Waals surface area contributed by atoms with Crippen LogP contribution in [0, 0.1) is 5.92 Å². The Hall–Kier alpha value is -1.14. The van der Waals surface area contributed by atoms with Crippen LogP contribution in [0.2, 0.25) is 0 Å². The number of aliphatic hydroxyl groups is 1. The summed E-state index contributed by atoms with van der Waals surface area (Å²) in [6, 6.07) is -0.732. The number of amides is 1. The second kappa shape index (κ2) is 6.70. The van der Waals surface area contributed by atoms with Gasteiger partial charge in [-0.25, -0.2) is 0 Å². The molecular weight excluding hydrogens is 236 g/mol. The van der Waals surface area contributed by atoms with E-state index in [9.17, 15) is 14.7 Å². The number of aliphatic carboxylic acids is 1. The van der Waals surface area contributed by atoms with Gasteiger partial charge in [-0.3, -0.25) is 9.59 Å². The molecule has 1 saturated heterocycles. The smallest absolute Gasteiger partial charge is 0.303 e. The molecule has 18 heavy (non-hydrogen) atoms. The van der Waals surface area contributed by atoms with Gasteiger partial charge >= 0.3 is 5.97 Å². The highest BCUT2D eigenvalue weighted by molar-refractivity contribution is 5.82. The molecule has 1 heterocycles. The molecule has 1 rings (SSSR count). The summed E-state index contributed by atoms with van der Waals surface area (Å²) in [4.78, 5) is 24.0. The molecule has 104 valence electrons. The molecular formula is C12H22N2O4. The molecule has 0 aliphatic carbocycles. The van der Waals surface area contributed by atoms with Gasteiger partial charge in [-0.05, 0) is 32.1 Å². The number of carbonyl (C=O) groups excluding carboxylic acids is 1. The molecule has 0 saturated carbocycles. The van der Waals surface area contributed by atoms with Crippen LogP contribution in [0.4, 0.5) is 0 Å². The first kappa shape index (κ1) is 14.9. The molecule has 1 fully saturated rings. The lowest BCUT2D eigenvalue weighted by Gasteiger charge is -2.34. The van der Waals surface area contributed by atoms with E-state index in [-0.39, 0.29) is 30.8 Å². The number of hydrogen-bond donors (Lipinski definition) is 3. The molecule has 1 aliphatic heterocycles. The fourth-order valence-electron chi connectivity index (χ4n) is 2.24. The van der Waals surface area contributed by atoms with Gasteiger partial charge in [-0.15, -0.1) is 0 Å². The van der Waals surface area contributed by atoms with E-state index in [0.29, 0.717) is 13.1 Å². The quantitative estimate of drug-likeness (QED) is 0.633. The Balaban J connectivity index is 2.37. The fourth-order valence-corrected chi connectivity index (χ4v) is 2.24. The maximum absolute atomic E-state index is 11.9. The van der Waals surface area contributed by atoms with Gasteiger partial charge < -0.3 is 20.8 Å². The fraction of sp³-hybridized carbons (Fsp3) is 0.833. The van der Waals surface area contributed by atoms with Gasteiger partial charge in [-0.2, -0.15) is 0 Å².